The van der Waals surface area contributed by atoms with Gasteiger partial charge in [-0.15, -0.1) is 0 Å². The topological polar surface area (TPSA) is 66.8 Å². The first-order valence-electron chi connectivity index (χ1n) is 11.0. The molecule has 172 valence electrons. The zero-order chi connectivity index (χ0) is 23.7. The summed E-state index contributed by atoms with van der Waals surface area (Å²) in [6.07, 6.45) is 1.49. The van der Waals surface area contributed by atoms with Gasteiger partial charge in [-0.1, -0.05) is 18.2 Å². The number of nitrogens with zero attached hydrogens (tertiary/aromatic N) is 1. The van der Waals surface area contributed by atoms with Gasteiger partial charge in [-0.05, 0) is 43.3 Å². The van der Waals surface area contributed by atoms with E-state index in [4.69, 9.17) is 14.2 Å². The number of pyridine rings is 1. The molecule has 1 aliphatic heterocycles. The Bertz CT molecular complexity index is 1440. The molecule has 34 heavy (non-hydrogen) atoms. The minimum absolute atomic E-state index is 0.00956. The maximum absolute atomic E-state index is 14.5. The molecule has 0 radical (unpaired) electrons. The largest absolute Gasteiger partial charge is 0.494 e. The standard InChI is InChI=1S/C27H22FNO5/c1-2-32-19-9-7-17(8-10-19)26(30)21-16-29(15-18-5-3-4-6-22(18)28)23-14-25-24(33-11-12-34-25)13-20(23)27(21)31/h3-10,13-14,16H,2,11-12,15H2,1H3. The first kappa shape index (κ1) is 21.7. The van der Waals surface area contributed by atoms with E-state index in [2.05, 4.69) is 0 Å². The van der Waals surface area contributed by atoms with E-state index in [9.17, 15) is 14.0 Å². The Morgan fingerprint density at radius 3 is 2.44 bits per heavy atom. The number of carbonyl (C=O) groups excluding carboxylic acids is 1. The van der Waals surface area contributed by atoms with Gasteiger partial charge in [-0.2, -0.15) is 0 Å². The van der Waals surface area contributed by atoms with E-state index in [1.807, 2.05) is 6.92 Å². The molecule has 0 atom stereocenters. The Balaban J connectivity index is 1.67. The predicted octanol–water partition coefficient (Wildman–Crippen LogP) is 4.59. The minimum Gasteiger partial charge on any atom is -0.494 e. The Kier molecular flexibility index (Phi) is 5.76. The van der Waals surface area contributed by atoms with Crippen LogP contribution in [0.4, 0.5) is 4.39 Å². The fourth-order valence-electron chi connectivity index (χ4n) is 4.05. The van der Waals surface area contributed by atoms with Gasteiger partial charge >= 0.3 is 0 Å². The summed E-state index contributed by atoms with van der Waals surface area (Å²) in [6.45, 7) is 3.28. The number of hydrogen-bond acceptors (Lipinski definition) is 5. The van der Waals surface area contributed by atoms with Crippen LogP contribution in [0, 0.1) is 5.82 Å². The van der Waals surface area contributed by atoms with Crippen LogP contribution in [0.3, 0.4) is 0 Å². The van der Waals surface area contributed by atoms with Gasteiger partial charge in [-0.25, -0.2) is 4.39 Å². The third kappa shape index (κ3) is 4.01. The molecule has 0 saturated heterocycles. The number of rotatable bonds is 6. The van der Waals surface area contributed by atoms with Crippen LogP contribution in [0.2, 0.25) is 0 Å². The van der Waals surface area contributed by atoms with Crippen molar-refractivity contribution in [3.8, 4) is 17.2 Å². The molecule has 5 rings (SSSR count). The average Bonchev–Trinajstić information content (AvgIpc) is 2.86. The molecule has 0 spiro atoms. The second kappa shape index (κ2) is 9.02. The Morgan fingerprint density at radius 1 is 1.03 bits per heavy atom. The fourth-order valence-corrected chi connectivity index (χ4v) is 4.05. The lowest BCUT2D eigenvalue weighted by Gasteiger charge is -2.21. The number of aromatic nitrogens is 1. The molecule has 7 heteroatoms. The molecular formula is C27H22FNO5. The number of benzene rings is 3. The number of hydrogen-bond donors (Lipinski definition) is 0. The summed E-state index contributed by atoms with van der Waals surface area (Å²) < 4.78 is 32.9. The lowest BCUT2D eigenvalue weighted by atomic mass is 10.0. The van der Waals surface area contributed by atoms with Crippen LogP contribution in [0.5, 0.6) is 17.2 Å². The molecule has 0 aliphatic carbocycles. The predicted molar refractivity (Wildman–Crippen MR) is 126 cm³/mol. The summed E-state index contributed by atoms with van der Waals surface area (Å²) in [7, 11) is 0. The molecule has 3 aromatic carbocycles. The maximum Gasteiger partial charge on any atom is 0.200 e. The van der Waals surface area contributed by atoms with Crippen molar-refractivity contribution in [2.24, 2.45) is 0 Å². The zero-order valence-corrected chi connectivity index (χ0v) is 18.5. The summed E-state index contributed by atoms with van der Waals surface area (Å²) in [6, 6.07) is 16.4. The van der Waals surface area contributed by atoms with E-state index in [1.165, 1.54) is 12.3 Å². The quantitative estimate of drug-likeness (QED) is 0.395. The van der Waals surface area contributed by atoms with Crippen LogP contribution >= 0.6 is 0 Å². The van der Waals surface area contributed by atoms with Crippen molar-refractivity contribution in [1.82, 2.24) is 4.57 Å². The van der Waals surface area contributed by atoms with Crippen LogP contribution in [0.1, 0.15) is 28.4 Å². The van der Waals surface area contributed by atoms with E-state index in [0.717, 1.165) is 0 Å². The second-order valence-corrected chi connectivity index (χ2v) is 7.89. The van der Waals surface area contributed by atoms with Gasteiger partial charge in [0.15, 0.2) is 17.3 Å². The summed E-state index contributed by atoms with van der Waals surface area (Å²) in [5.74, 6) is 0.793. The molecule has 4 aromatic rings. The van der Waals surface area contributed by atoms with Crippen LogP contribution in [0.15, 0.2) is 71.7 Å². The lowest BCUT2D eigenvalue weighted by Crippen LogP contribution is -2.22. The molecule has 0 N–H and O–H groups in total. The molecule has 0 saturated carbocycles. The second-order valence-electron chi connectivity index (χ2n) is 7.89. The summed E-state index contributed by atoms with van der Waals surface area (Å²) in [4.78, 5) is 26.8. The highest BCUT2D eigenvalue weighted by atomic mass is 19.1. The van der Waals surface area contributed by atoms with Crippen molar-refractivity contribution in [2.45, 2.75) is 13.5 Å². The number of halogens is 1. The van der Waals surface area contributed by atoms with Crippen LogP contribution in [-0.4, -0.2) is 30.2 Å². The van der Waals surface area contributed by atoms with Gasteiger partial charge in [0.25, 0.3) is 0 Å². The first-order valence-corrected chi connectivity index (χ1v) is 11.0. The highest BCUT2D eigenvalue weighted by Gasteiger charge is 2.21. The van der Waals surface area contributed by atoms with Gasteiger partial charge in [0.1, 0.15) is 24.8 Å². The number of fused-ring (bicyclic) bond motifs is 2. The van der Waals surface area contributed by atoms with Crippen molar-refractivity contribution in [2.75, 3.05) is 19.8 Å². The number of ether oxygens (including phenoxy) is 3. The third-order valence-corrected chi connectivity index (χ3v) is 5.71. The van der Waals surface area contributed by atoms with Crippen LogP contribution in [0.25, 0.3) is 10.9 Å². The number of ketones is 1. The normalized spacial score (nSPS) is 12.5. The summed E-state index contributed by atoms with van der Waals surface area (Å²) in [5, 5.41) is 0.303. The third-order valence-electron chi connectivity index (χ3n) is 5.71. The van der Waals surface area contributed by atoms with Crippen LogP contribution < -0.4 is 19.6 Å². The Hall–Kier alpha value is -4.13. The van der Waals surface area contributed by atoms with Crippen LogP contribution in [-0.2, 0) is 6.54 Å². The summed E-state index contributed by atoms with van der Waals surface area (Å²) in [5.41, 5.74) is 0.887. The monoisotopic (exact) mass is 459 g/mol. The minimum atomic E-state index is -0.424. The molecule has 6 nitrogen and oxygen atoms in total. The van der Waals surface area contributed by atoms with Gasteiger partial charge in [0, 0.05) is 23.4 Å². The number of carbonyl (C=O) groups is 1. The van der Waals surface area contributed by atoms with Gasteiger partial charge < -0.3 is 18.8 Å². The highest BCUT2D eigenvalue weighted by Crippen LogP contribution is 2.34. The van der Waals surface area contributed by atoms with Gasteiger partial charge in [-0.3, -0.25) is 9.59 Å². The van der Waals surface area contributed by atoms with Crippen molar-refractivity contribution in [1.29, 1.82) is 0 Å². The Morgan fingerprint density at radius 2 is 1.74 bits per heavy atom. The molecule has 0 fully saturated rings. The van der Waals surface area contributed by atoms with Gasteiger partial charge in [0.05, 0.1) is 29.6 Å². The molecule has 2 heterocycles. The van der Waals surface area contributed by atoms with E-state index in [-0.39, 0.29) is 17.9 Å². The highest BCUT2D eigenvalue weighted by molar-refractivity contribution is 6.10. The van der Waals surface area contributed by atoms with Crippen molar-refractivity contribution >= 4 is 16.7 Å². The molecule has 0 amide bonds. The molecule has 1 aromatic heterocycles. The molecule has 0 unspecified atom stereocenters. The van der Waals surface area contributed by atoms with Crippen molar-refractivity contribution < 1.29 is 23.4 Å². The first-order chi connectivity index (χ1) is 16.5. The SMILES string of the molecule is CCOc1ccc(C(=O)c2cn(Cc3ccccc3F)c3cc4c(cc3c2=O)OCCO4)cc1. The average molecular weight is 459 g/mol. The van der Waals surface area contributed by atoms with E-state index < -0.39 is 11.2 Å². The van der Waals surface area contributed by atoms with Crippen molar-refractivity contribution in [3.05, 3.63) is 99.6 Å². The zero-order valence-electron chi connectivity index (χ0n) is 18.5. The van der Waals surface area contributed by atoms with Crippen molar-refractivity contribution in [3.63, 3.8) is 0 Å². The molecular weight excluding hydrogens is 437 g/mol. The fraction of sp³-hybridized carbons (Fsp3) is 0.185. The van der Waals surface area contributed by atoms with Gasteiger partial charge in [0.2, 0.25) is 5.43 Å². The van der Waals surface area contributed by atoms with E-state index in [0.29, 0.717) is 59.1 Å². The van der Waals surface area contributed by atoms with E-state index >= 15 is 0 Å². The maximum atomic E-state index is 14.5. The smallest absolute Gasteiger partial charge is 0.200 e. The Labute approximate surface area is 195 Å². The molecule has 1 aliphatic rings. The molecule has 0 bridgehead atoms. The summed E-state index contributed by atoms with van der Waals surface area (Å²) >= 11 is 0. The van der Waals surface area contributed by atoms with E-state index in [1.54, 1.807) is 59.2 Å². The lowest BCUT2D eigenvalue weighted by molar-refractivity contribution is 0.103.